The standard InChI is InChI=1S/C12H13BrN4OS/c13-9-3-6-19-12(9)11(18)10-7-17(16-15-10)8-1-4-14-5-2-8/h3,6-8,14H,1-2,4-5H2. The predicted octanol–water partition coefficient (Wildman–Crippen LogP) is 2.26. The zero-order chi connectivity index (χ0) is 13.2. The molecule has 0 radical (unpaired) electrons. The fourth-order valence-electron chi connectivity index (χ4n) is 2.20. The highest BCUT2D eigenvalue weighted by atomic mass is 79.9. The van der Waals surface area contributed by atoms with Crippen LogP contribution in [0, 0.1) is 0 Å². The van der Waals surface area contributed by atoms with E-state index < -0.39 is 0 Å². The Balaban J connectivity index is 1.81. The first kappa shape index (κ1) is 13.0. The van der Waals surface area contributed by atoms with Gasteiger partial charge in [-0.2, -0.15) is 0 Å². The van der Waals surface area contributed by atoms with Crippen LogP contribution in [0.5, 0.6) is 0 Å². The van der Waals surface area contributed by atoms with Gasteiger partial charge in [-0.05, 0) is 53.3 Å². The highest BCUT2D eigenvalue weighted by molar-refractivity contribution is 9.10. The monoisotopic (exact) mass is 340 g/mol. The number of aromatic nitrogens is 3. The lowest BCUT2D eigenvalue weighted by molar-refractivity contribution is 0.103. The molecule has 19 heavy (non-hydrogen) atoms. The molecule has 0 aliphatic carbocycles. The van der Waals surface area contributed by atoms with E-state index in [-0.39, 0.29) is 5.78 Å². The second-order valence-corrected chi connectivity index (χ2v) is 6.26. The van der Waals surface area contributed by atoms with E-state index in [1.807, 2.05) is 16.1 Å². The molecule has 1 aliphatic heterocycles. The Morgan fingerprint density at radius 2 is 2.26 bits per heavy atom. The first-order chi connectivity index (χ1) is 9.25. The van der Waals surface area contributed by atoms with Gasteiger partial charge in [-0.15, -0.1) is 16.4 Å². The third-order valence-electron chi connectivity index (χ3n) is 3.25. The second kappa shape index (κ2) is 5.52. The van der Waals surface area contributed by atoms with E-state index in [9.17, 15) is 4.79 Å². The Morgan fingerprint density at radius 1 is 1.47 bits per heavy atom. The van der Waals surface area contributed by atoms with E-state index in [0.29, 0.717) is 16.6 Å². The van der Waals surface area contributed by atoms with E-state index in [2.05, 4.69) is 31.6 Å². The Kier molecular flexibility index (Phi) is 3.76. The molecule has 100 valence electrons. The topological polar surface area (TPSA) is 59.8 Å². The Bertz CT molecular complexity index is 588. The van der Waals surface area contributed by atoms with Crippen LogP contribution in [0.3, 0.4) is 0 Å². The Labute approximate surface area is 123 Å². The first-order valence-electron chi connectivity index (χ1n) is 6.16. The molecule has 3 heterocycles. The van der Waals surface area contributed by atoms with Gasteiger partial charge in [0.1, 0.15) is 0 Å². The lowest BCUT2D eigenvalue weighted by Gasteiger charge is -2.22. The lowest BCUT2D eigenvalue weighted by atomic mass is 10.1. The van der Waals surface area contributed by atoms with Gasteiger partial charge < -0.3 is 5.32 Å². The number of thiophene rings is 1. The van der Waals surface area contributed by atoms with Crippen LogP contribution in [-0.2, 0) is 0 Å². The van der Waals surface area contributed by atoms with Crippen molar-refractivity contribution in [2.75, 3.05) is 13.1 Å². The number of carbonyl (C=O) groups is 1. The van der Waals surface area contributed by atoms with Crippen LogP contribution in [-0.4, -0.2) is 33.9 Å². The molecule has 3 rings (SSSR count). The average molecular weight is 341 g/mol. The molecule has 0 atom stereocenters. The molecular weight excluding hydrogens is 328 g/mol. The van der Waals surface area contributed by atoms with Crippen LogP contribution in [0.4, 0.5) is 0 Å². The van der Waals surface area contributed by atoms with Crippen molar-refractivity contribution in [1.82, 2.24) is 20.3 Å². The molecule has 7 heteroatoms. The van der Waals surface area contributed by atoms with Crippen LogP contribution >= 0.6 is 27.3 Å². The number of carbonyl (C=O) groups excluding carboxylic acids is 1. The summed E-state index contributed by atoms with van der Waals surface area (Å²) < 4.78 is 2.65. The van der Waals surface area contributed by atoms with Crippen LogP contribution < -0.4 is 5.32 Å². The summed E-state index contributed by atoms with van der Waals surface area (Å²) in [6.07, 6.45) is 3.82. The SMILES string of the molecule is O=C(c1cn(C2CCNCC2)nn1)c1sccc1Br. The van der Waals surface area contributed by atoms with E-state index in [4.69, 9.17) is 0 Å². The summed E-state index contributed by atoms with van der Waals surface area (Å²) in [6, 6.07) is 2.22. The summed E-state index contributed by atoms with van der Waals surface area (Å²) in [6.45, 7) is 1.98. The van der Waals surface area contributed by atoms with Crippen molar-refractivity contribution >= 4 is 33.0 Å². The second-order valence-electron chi connectivity index (χ2n) is 4.49. The molecule has 2 aromatic heterocycles. The molecule has 0 aromatic carbocycles. The molecule has 1 N–H and O–H groups in total. The molecular formula is C12H13BrN4OS. The minimum Gasteiger partial charge on any atom is -0.317 e. The summed E-state index contributed by atoms with van der Waals surface area (Å²) in [7, 11) is 0. The summed E-state index contributed by atoms with van der Waals surface area (Å²) >= 11 is 4.79. The number of hydrogen-bond donors (Lipinski definition) is 1. The zero-order valence-corrected chi connectivity index (χ0v) is 12.6. The number of ketones is 1. The number of piperidine rings is 1. The molecule has 1 aliphatic rings. The van der Waals surface area contributed by atoms with Gasteiger partial charge in [0.25, 0.3) is 0 Å². The molecule has 1 fully saturated rings. The van der Waals surface area contributed by atoms with Crippen molar-refractivity contribution in [3.63, 3.8) is 0 Å². The molecule has 2 aromatic rings. The minimum atomic E-state index is -0.0675. The first-order valence-corrected chi connectivity index (χ1v) is 7.83. The summed E-state index contributed by atoms with van der Waals surface area (Å²) in [5.41, 5.74) is 0.418. The number of halogens is 1. The smallest absolute Gasteiger partial charge is 0.225 e. The van der Waals surface area contributed by atoms with Gasteiger partial charge in [0.2, 0.25) is 5.78 Å². The van der Waals surface area contributed by atoms with E-state index in [1.54, 1.807) is 6.20 Å². The molecule has 0 amide bonds. The van der Waals surface area contributed by atoms with Gasteiger partial charge in [0, 0.05) is 4.47 Å². The maximum atomic E-state index is 12.3. The fourth-order valence-corrected chi connectivity index (χ4v) is 3.70. The summed E-state index contributed by atoms with van der Waals surface area (Å²) in [5.74, 6) is -0.0675. The largest absolute Gasteiger partial charge is 0.317 e. The van der Waals surface area contributed by atoms with Gasteiger partial charge in [-0.25, -0.2) is 4.68 Å². The van der Waals surface area contributed by atoms with Crippen LogP contribution in [0.2, 0.25) is 0 Å². The molecule has 1 saturated heterocycles. The number of nitrogens with zero attached hydrogens (tertiary/aromatic N) is 3. The lowest BCUT2D eigenvalue weighted by Crippen LogP contribution is -2.29. The van der Waals surface area contributed by atoms with Gasteiger partial charge in [0.05, 0.1) is 17.1 Å². The zero-order valence-electron chi connectivity index (χ0n) is 10.2. The molecule has 5 nitrogen and oxygen atoms in total. The number of rotatable bonds is 3. The van der Waals surface area contributed by atoms with Crippen molar-refractivity contribution in [3.8, 4) is 0 Å². The van der Waals surface area contributed by atoms with Gasteiger partial charge in [-0.1, -0.05) is 5.21 Å². The molecule has 0 bridgehead atoms. The molecule has 0 saturated carbocycles. The Morgan fingerprint density at radius 3 is 2.95 bits per heavy atom. The fraction of sp³-hybridized carbons (Fsp3) is 0.417. The highest BCUT2D eigenvalue weighted by Gasteiger charge is 2.21. The van der Waals surface area contributed by atoms with Crippen LogP contribution in [0.1, 0.15) is 34.2 Å². The van der Waals surface area contributed by atoms with Crippen molar-refractivity contribution < 1.29 is 4.79 Å². The number of nitrogens with one attached hydrogen (secondary N) is 1. The number of hydrogen-bond acceptors (Lipinski definition) is 5. The van der Waals surface area contributed by atoms with Crippen molar-refractivity contribution in [2.45, 2.75) is 18.9 Å². The predicted molar refractivity (Wildman–Crippen MR) is 76.6 cm³/mol. The maximum absolute atomic E-state index is 12.3. The van der Waals surface area contributed by atoms with Gasteiger partial charge in [-0.3, -0.25) is 4.79 Å². The molecule has 0 spiro atoms. The van der Waals surface area contributed by atoms with Crippen molar-refractivity contribution in [2.24, 2.45) is 0 Å². The quantitative estimate of drug-likeness (QED) is 0.870. The van der Waals surface area contributed by atoms with E-state index >= 15 is 0 Å². The Hall–Kier alpha value is -1.05. The third kappa shape index (κ3) is 2.63. The maximum Gasteiger partial charge on any atom is 0.225 e. The van der Waals surface area contributed by atoms with Crippen molar-refractivity contribution in [3.05, 3.63) is 32.7 Å². The van der Waals surface area contributed by atoms with Crippen LogP contribution in [0.15, 0.2) is 22.1 Å². The van der Waals surface area contributed by atoms with Gasteiger partial charge >= 0.3 is 0 Å². The van der Waals surface area contributed by atoms with Crippen LogP contribution in [0.25, 0.3) is 0 Å². The summed E-state index contributed by atoms with van der Waals surface area (Å²) in [4.78, 5) is 13.0. The third-order valence-corrected chi connectivity index (χ3v) is 5.09. The van der Waals surface area contributed by atoms with Gasteiger partial charge in [0.15, 0.2) is 5.69 Å². The average Bonchev–Trinajstić information content (AvgIpc) is 3.08. The molecule has 0 unspecified atom stereocenters. The minimum absolute atomic E-state index is 0.0675. The summed E-state index contributed by atoms with van der Waals surface area (Å²) in [5, 5.41) is 13.3. The van der Waals surface area contributed by atoms with E-state index in [0.717, 1.165) is 30.4 Å². The van der Waals surface area contributed by atoms with Crippen molar-refractivity contribution in [1.29, 1.82) is 0 Å². The highest BCUT2D eigenvalue weighted by Crippen LogP contribution is 2.25. The normalized spacial score (nSPS) is 16.7. The van der Waals surface area contributed by atoms with E-state index in [1.165, 1.54) is 11.3 Å².